The number of amides is 2. The Labute approximate surface area is 212 Å². The third kappa shape index (κ3) is 5.67. The van der Waals surface area contributed by atoms with E-state index in [4.69, 9.17) is 9.72 Å². The number of carbonyl (C=O) groups excluding carboxylic acids is 1. The molecule has 0 bridgehead atoms. The Kier molecular flexibility index (Phi) is 6.66. The number of ether oxygens (including phenoxy) is 1. The van der Waals surface area contributed by atoms with Crippen LogP contribution in [0.2, 0.25) is 0 Å². The van der Waals surface area contributed by atoms with Crippen LogP contribution >= 0.6 is 0 Å². The summed E-state index contributed by atoms with van der Waals surface area (Å²) in [6.07, 6.45) is 9.62. The molecule has 1 fully saturated rings. The van der Waals surface area contributed by atoms with E-state index in [0.29, 0.717) is 19.0 Å². The van der Waals surface area contributed by atoms with Crippen LogP contribution in [0.4, 0.5) is 16.4 Å². The predicted octanol–water partition coefficient (Wildman–Crippen LogP) is 4.60. The molecule has 0 saturated carbocycles. The fourth-order valence-corrected chi connectivity index (χ4v) is 4.90. The highest BCUT2D eigenvalue weighted by molar-refractivity contribution is 5.76. The van der Waals surface area contributed by atoms with Gasteiger partial charge in [-0.05, 0) is 63.3 Å². The number of aromatic nitrogens is 4. The fourth-order valence-electron chi connectivity index (χ4n) is 4.90. The van der Waals surface area contributed by atoms with Gasteiger partial charge in [-0.1, -0.05) is 18.6 Å². The van der Waals surface area contributed by atoms with Crippen molar-refractivity contribution in [3.05, 3.63) is 54.0 Å². The normalized spacial score (nSPS) is 18.2. The number of rotatable bonds is 5. The first-order valence-corrected chi connectivity index (χ1v) is 12.7. The van der Waals surface area contributed by atoms with E-state index in [-0.39, 0.29) is 23.8 Å². The molecule has 0 radical (unpaired) electrons. The van der Waals surface area contributed by atoms with Gasteiger partial charge >= 0.3 is 6.03 Å². The smallest absolute Gasteiger partial charge is 0.318 e. The van der Waals surface area contributed by atoms with Crippen molar-refractivity contribution in [1.29, 1.82) is 0 Å². The average Bonchev–Trinajstić information content (AvgIpc) is 3.10. The van der Waals surface area contributed by atoms with E-state index in [9.17, 15) is 4.79 Å². The number of nitrogens with one attached hydrogen (secondary N) is 2. The van der Waals surface area contributed by atoms with E-state index in [1.165, 1.54) is 11.1 Å². The fraction of sp³-hybridized carbons (Fsp3) is 0.481. The zero-order valence-corrected chi connectivity index (χ0v) is 21.5. The summed E-state index contributed by atoms with van der Waals surface area (Å²) in [6, 6.07) is 8.39. The van der Waals surface area contributed by atoms with Crippen molar-refractivity contribution < 1.29 is 9.53 Å². The minimum Gasteiger partial charge on any atom is -0.369 e. The summed E-state index contributed by atoms with van der Waals surface area (Å²) in [7, 11) is 1.87. The van der Waals surface area contributed by atoms with Gasteiger partial charge in [-0.3, -0.25) is 4.68 Å². The minimum absolute atomic E-state index is 0.00685. The molecule has 2 N–H and O–H groups in total. The SMILES string of the molecule is Cn1cc(Nc2nccc(-c3ccc4c(c3)CCCC[C@@H]4NC(=O)N3CC(OC(C)(C)C)C3)n2)cn1. The zero-order chi connectivity index (χ0) is 25.3. The van der Waals surface area contributed by atoms with Crippen LogP contribution < -0.4 is 10.6 Å². The quantitative estimate of drug-likeness (QED) is 0.509. The molecule has 0 unspecified atom stereocenters. The Morgan fingerprint density at radius 1 is 1.17 bits per heavy atom. The van der Waals surface area contributed by atoms with Crippen LogP contribution in [0.1, 0.15) is 57.2 Å². The van der Waals surface area contributed by atoms with Gasteiger partial charge in [0.25, 0.3) is 0 Å². The van der Waals surface area contributed by atoms with Crippen LogP contribution in [0, 0.1) is 0 Å². The first-order chi connectivity index (χ1) is 17.2. The molecule has 1 aliphatic heterocycles. The van der Waals surface area contributed by atoms with Crippen LogP contribution in [0.15, 0.2) is 42.9 Å². The van der Waals surface area contributed by atoms with E-state index in [2.05, 4.69) is 38.9 Å². The molecular formula is C27H35N7O2. The molecule has 9 nitrogen and oxygen atoms in total. The molecule has 2 aromatic heterocycles. The first-order valence-electron chi connectivity index (χ1n) is 12.7. The molecule has 190 valence electrons. The van der Waals surface area contributed by atoms with Crippen molar-refractivity contribution in [3.63, 3.8) is 0 Å². The molecule has 0 spiro atoms. The summed E-state index contributed by atoms with van der Waals surface area (Å²) >= 11 is 0. The number of benzene rings is 1. The lowest BCUT2D eigenvalue weighted by molar-refractivity contribution is -0.111. The van der Waals surface area contributed by atoms with Gasteiger partial charge in [-0.2, -0.15) is 5.10 Å². The standard InChI is InChI=1S/C27H35N7O2/c1-27(2,3)36-21-16-34(17-21)26(35)32-24-8-6-5-7-18-13-19(9-10-22(18)24)23-11-12-28-25(31-23)30-20-14-29-33(4)15-20/h9-15,21,24H,5-8,16-17H2,1-4H3,(H,32,35)(H,28,30,31)/t24-/m0/s1. The van der Waals surface area contributed by atoms with Crippen LogP contribution in [-0.2, 0) is 18.2 Å². The maximum Gasteiger partial charge on any atom is 0.318 e. The molecule has 36 heavy (non-hydrogen) atoms. The Bertz CT molecular complexity index is 1230. The summed E-state index contributed by atoms with van der Waals surface area (Å²) in [5.41, 5.74) is 5.03. The van der Waals surface area contributed by atoms with E-state index in [1.54, 1.807) is 17.1 Å². The topological polar surface area (TPSA) is 97.2 Å². The predicted molar refractivity (Wildman–Crippen MR) is 139 cm³/mol. The van der Waals surface area contributed by atoms with Gasteiger partial charge in [0.15, 0.2) is 0 Å². The number of hydrogen-bond acceptors (Lipinski definition) is 6. The molecule has 2 amide bonds. The van der Waals surface area contributed by atoms with Gasteiger partial charge in [0, 0.05) is 25.0 Å². The van der Waals surface area contributed by atoms with Crippen molar-refractivity contribution in [2.75, 3.05) is 18.4 Å². The van der Waals surface area contributed by atoms with Crippen LogP contribution in [-0.4, -0.2) is 55.5 Å². The Morgan fingerprint density at radius 2 is 2.00 bits per heavy atom. The Balaban J connectivity index is 1.28. The lowest BCUT2D eigenvalue weighted by atomic mass is 9.95. The average molecular weight is 490 g/mol. The van der Waals surface area contributed by atoms with Crippen molar-refractivity contribution in [2.45, 2.75) is 64.2 Å². The lowest BCUT2D eigenvalue weighted by Crippen LogP contribution is -2.59. The zero-order valence-electron chi connectivity index (χ0n) is 21.5. The van der Waals surface area contributed by atoms with E-state index < -0.39 is 0 Å². The molecule has 3 aromatic rings. The summed E-state index contributed by atoms with van der Waals surface area (Å²) in [5, 5.41) is 10.7. The van der Waals surface area contributed by atoms with Gasteiger partial charge in [0.2, 0.25) is 5.95 Å². The number of urea groups is 1. The van der Waals surface area contributed by atoms with Gasteiger partial charge in [-0.25, -0.2) is 14.8 Å². The molecule has 1 aliphatic carbocycles. The van der Waals surface area contributed by atoms with Crippen molar-refractivity contribution in [1.82, 2.24) is 30.0 Å². The number of aryl methyl sites for hydroxylation is 2. The van der Waals surface area contributed by atoms with E-state index in [1.807, 2.05) is 45.0 Å². The first kappa shape index (κ1) is 24.2. The largest absolute Gasteiger partial charge is 0.369 e. The minimum atomic E-state index is -0.190. The highest BCUT2D eigenvalue weighted by atomic mass is 16.5. The molecule has 9 heteroatoms. The molecule has 2 aliphatic rings. The maximum absolute atomic E-state index is 12.9. The second-order valence-electron chi connectivity index (χ2n) is 10.7. The third-order valence-electron chi connectivity index (χ3n) is 6.57. The summed E-state index contributed by atoms with van der Waals surface area (Å²) in [5.74, 6) is 0.531. The van der Waals surface area contributed by atoms with Crippen LogP contribution in [0.3, 0.4) is 0 Å². The molecule has 1 aromatic carbocycles. The maximum atomic E-state index is 12.9. The number of hydrogen-bond donors (Lipinski definition) is 2. The van der Waals surface area contributed by atoms with Crippen molar-refractivity contribution in [2.24, 2.45) is 7.05 Å². The number of likely N-dealkylation sites (tertiary alicyclic amines) is 1. The van der Waals surface area contributed by atoms with Gasteiger partial charge in [0.05, 0.1) is 48.4 Å². The highest BCUT2D eigenvalue weighted by Gasteiger charge is 2.35. The van der Waals surface area contributed by atoms with Crippen LogP contribution in [0.5, 0.6) is 0 Å². The summed E-state index contributed by atoms with van der Waals surface area (Å²) in [4.78, 5) is 23.8. The van der Waals surface area contributed by atoms with Gasteiger partial charge in [0.1, 0.15) is 0 Å². The molecular weight excluding hydrogens is 454 g/mol. The van der Waals surface area contributed by atoms with E-state index >= 15 is 0 Å². The van der Waals surface area contributed by atoms with Gasteiger partial charge < -0.3 is 20.3 Å². The summed E-state index contributed by atoms with van der Waals surface area (Å²) < 4.78 is 7.71. The molecule has 3 heterocycles. The van der Waals surface area contributed by atoms with Crippen molar-refractivity contribution in [3.8, 4) is 11.3 Å². The van der Waals surface area contributed by atoms with Crippen molar-refractivity contribution >= 4 is 17.7 Å². The Hall–Kier alpha value is -3.46. The number of carbonyl (C=O) groups is 1. The molecule has 1 saturated heterocycles. The summed E-state index contributed by atoms with van der Waals surface area (Å²) in [6.45, 7) is 7.43. The monoisotopic (exact) mass is 489 g/mol. The number of anilines is 2. The lowest BCUT2D eigenvalue weighted by Gasteiger charge is -2.42. The second kappa shape index (κ2) is 9.89. The highest BCUT2D eigenvalue weighted by Crippen LogP contribution is 2.32. The van der Waals surface area contributed by atoms with Crippen LogP contribution in [0.25, 0.3) is 11.3 Å². The van der Waals surface area contributed by atoms with E-state index in [0.717, 1.165) is 42.6 Å². The number of fused-ring (bicyclic) bond motifs is 1. The molecule has 5 rings (SSSR count). The van der Waals surface area contributed by atoms with Gasteiger partial charge in [-0.15, -0.1) is 0 Å². The third-order valence-corrected chi connectivity index (χ3v) is 6.57. The molecule has 1 atom stereocenters. The Morgan fingerprint density at radius 3 is 2.75 bits per heavy atom. The second-order valence-corrected chi connectivity index (χ2v) is 10.7. The number of nitrogens with zero attached hydrogens (tertiary/aromatic N) is 5.